The molecule has 188 valence electrons. The Bertz CT molecular complexity index is 351. The van der Waals surface area contributed by atoms with Crippen molar-refractivity contribution in [3.63, 3.8) is 0 Å². The zero-order chi connectivity index (χ0) is 22.8. The summed E-state index contributed by atoms with van der Waals surface area (Å²) >= 11 is 4.25. The average molecular weight is 565 g/mol. The van der Waals surface area contributed by atoms with Gasteiger partial charge < -0.3 is 15.5 Å². The zero-order valence-electron chi connectivity index (χ0n) is 16.9. The van der Waals surface area contributed by atoms with Crippen molar-refractivity contribution in [2.24, 2.45) is 5.73 Å². The molecule has 4 N–H and O–H groups in total. The summed E-state index contributed by atoms with van der Waals surface area (Å²) < 4.78 is 65.4. The molecule has 1 aliphatic rings. The van der Waals surface area contributed by atoms with Crippen LogP contribution in [0.1, 0.15) is 19.3 Å². The first kappa shape index (κ1) is 35.9. The van der Waals surface area contributed by atoms with Gasteiger partial charge in [-0.25, -0.2) is 0 Å². The Morgan fingerprint density at radius 1 is 0.800 bits per heavy atom. The monoisotopic (exact) mass is 563 g/mol. The molecule has 0 atom stereocenters. The maximum absolute atomic E-state index is 8.60. The molecule has 1 saturated heterocycles. The predicted molar refractivity (Wildman–Crippen MR) is 95.9 cm³/mol. The van der Waals surface area contributed by atoms with Gasteiger partial charge in [-0.05, 0) is 64.0 Å². The largest absolute Gasteiger partial charge is 0.330 e. The van der Waals surface area contributed by atoms with E-state index in [1.54, 1.807) is 0 Å². The first-order valence-corrected chi connectivity index (χ1v) is 13.7. The fourth-order valence-electron chi connectivity index (χ4n) is 2.22. The number of hydrogen-bond donors (Lipinski definition) is 3. The number of halogens is 2. The van der Waals surface area contributed by atoms with Crippen LogP contribution in [0.4, 0.5) is 0 Å². The summed E-state index contributed by atoms with van der Waals surface area (Å²) in [6.45, 7) is 6.87. The summed E-state index contributed by atoms with van der Waals surface area (Å²) in [5, 5.41) is 0. The van der Waals surface area contributed by atoms with Crippen molar-refractivity contribution < 1.29 is 74.2 Å². The Kier molecular flexibility index (Phi) is 26.5. The molecule has 1 aliphatic heterocycles. The van der Waals surface area contributed by atoms with Gasteiger partial charge in [-0.15, -0.1) is 0 Å². The molecule has 0 saturated carbocycles. The van der Waals surface area contributed by atoms with Crippen LogP contribution in [0.25, 0.3) is 0 Å². The molecular formula is C14H33Cl2N3NiO8S2. The second kappa shape index (κ2) is 22.1. The summed E-state index contributed by atoms with van der Waals surface area (Å²) in [5.41, 5.74) is 5.64. The molecule has 30 heavy (non-hydrogen) atoms. The Morgan fingerprint density at radius 2 is 1.23 bits per heavy atom. The van der Waals surface area contributed by atoms with E-state index < -0.39 is 20.5 Å². The number of hydrogen-bond acceptors (Lipinski definition) is 13. The van der Waals surface area contributed by atoms with E-state index in [1.165, 1.54) is 68.6 Å². The van der Waals surface area contributed by atoms with Crippen molar-refractivity contribution in [1.82, 2.24) is 9.80 Å². The maximum Gasteiger partial charge on any atom is 0.0777 e. The van der Waals surface area contributed by atoms with Gasteiger partial charge in [0, 0.05) is 41.1 Å². The second-order valence-corrected chi connectivity index (χ2v) is 10.0. The summed E-state index contributed by atoms with van der Waals surface area (Å²) in [7, 11) is -7.13. The van der Waals surface area contributed by atoms with E-state index in [0.717, 1.165) is 13.0 Å². The zero-order valence-corrected chi connectivity index (χ0v) is 21.0. The third-order valence-corrected chi connectivity index (χ3v) is 5.84. The van der Waals surface area contributed by atoms with E-state index in [1.807, 2.05) is 0 Å². The van der Waals surface area contributed by atoms with E-state index in [4.69, 9.17) is 43.0 Å². The van der Waals surface area contributed by atoms with E-state index in [9.17, 15) is 0 Å². The van der Waals surface area contributed by atoms with Crippen LogP contribution < -0.4 is 33.7 Å². The van der Waals surface area contributed by atoms with Crippen molar-refractivity contribution in [1.29, 1.82) is 0 Å². The third kappa shape index (κ3) is 43.3. The number of rotatable bonds is 3. The van der Waals surface area contributed by atoms with Gasteiger partial charge in [0.1, 0.15) is 0 Å². The fourth-order valence-corrected chi connectivity index (χ4v) is 4.24. The van der Waals surface area contributed by atoms with Crippen LogP contribution in [-0.2, 0) is 16.5 Å². The number of thioether (sulfide) groups is 2. The SMILES string of the molecule is CN1CCCSCCSCCCN(CCCN)CC1.[Ni].[O-][Cl+3]([O-])([O-])O.[O-][Cl+3]([O-])([O-])O. The Hall–Kier alpha value is 1.33. The van der Waals surface area contributed by atoms with E-state index in [0.29, 0.717) is 0 Å². The normalized spacial score (nSPS) is 18.6. The summed E-state index contributed by atoms with van der Waals surface area (Å²) in [5.74, 6) is 5.28. The molecule has 0 aromatic heterocycles. The van der Waals surface area contributed by atoms with E-state index in [-0.39, 0.29) is 16.5 Å². The van der Waals surface area contributed by atoms with Gasteiger partial charge in [0.25, 0.3) is 0 Å². The number of likely N-dealkylation sites (N-methyl/N-ethyl adjacent to an activating group) is 1. The molecule has 1 heterocycles. The van der Waals surface area contributed by atoms with Crippen LogP contribution in [0.15, 0.2) is 0 Å². The van der Waals surface area contributed by atoms with Crippen LogP contribution in [0.3, 0.4) is 0 Å². The Balaban J connectivity index is -0.000000553. The van der Waals surface area contributed by atoms with Crippen molar-refractivity contribution in [2.45, 2.75) is 19.3 Å². The standard InChI is InChI=1S/C14H31N3S2.2ClHO4.Ni/c1-16-6-3-11-18-13-14-19-12-4-8-17(10-9-16)7-2-5-15;2*2-1(3,4)5;/h2-15H2,1H3;2*(H,2,3,4,5);. The van der Waals surface area contributed by atoms with Crippen LogP contribution in [-0.4, -0.2) is 88.4 Å². The molecule has 0 radical (unpaired) electrons. The molecular weight excluding hydrogens is 532 g/mol. The smallest absolute Gasteiger partial charge is 0.0777 e. The molecule has 0 aromatic rings. The molecule has 11 nitrogen and oxygen atoms in total. The molecule has 0 bridgehead atoms. The topological polar surface area (TPSA) is 211 Å². The minimum absolute atomic E-state index is 0. The van der Waals surface area contributed by atoms with Gasteiger partial charge in [-0.1, -0.05) is 0 Å². The maximum atomic E-state index is 8.60. The van der Waals surface area contributed by atoms with Crippen molar-refractivity contribution in [3.05, 3.63) is 0 Å². The summed E-state index contributed by atoms with van der Waals surface area (Å²) in [6, 6.07) is 0. The van der Waals surface area contributed by atoms with Crippen molar-refractivity contribution in [3.8, 4) is 0 Å². The van der Waals surface area contributed by atoms with Crippen LogP contribution >= 0.6 is 23.5 Å². The number of nitrogens with two attached hydrogens (primary N) is 1. The molecule has 0 aliphatic carbocycles. The van der Waals surface area contributed by atoms with Crippen LogP contribution in [0, 0.1) is 20.5 Å². The van der Waals surface area contributed by atoms with Gasteiger partial charge in [0.15, 0.2) is 0 Å². The van der Waals surface area contributed by atoms with Crippen LogP contribution in [0.5, 0.6) is 0 Å². The molecule has 16 heteroatoms. The fraction of sp³-hybridized carbons (Fsp3) is 1.00. The first-order chi connectivity index (χ1) is 13.3. The van der Waals surface area contributed by atoms with Crippen molar-refractivity contribution in [2.75, 3.05) is 69.3 Å². The minimum Gasteiger partial charge on any atom is -0.330 e. The molecule has 0 unspecified atom stereocenters. The molecule has 0 spiro atoms. The van der Waals surface area contributed by atoms with Crippen molar-refractivity contribution >= 4 is 23.5 Å². The molecule has 0 aromatic carbocycles. The Labute approximate surface area is 201 Å². The first-order valence-electron chi connectivity index (χ1n) is 8.86. The molecule has 0 amide bonds. The quantitative estimate of drug-likeness (QED) is 0.272. The van der Waals surface area contributed by atoms with Crippen LogP contribution in [0.2, 0.25) is 0 Å². The predicted octanol–water partition coefficient (Wildman–Crippen LogP) is -6.42. The summed E-state index contributed by atoms with van der Waals surface area (Å²) in [4.78, 5) is 5.08. The molecule has 1 fully saturated rings. The minimum atomic E-state index is -4.69. The Morgan fingerprint density at radius 3 is 1.67 bits per heavy atom. The van der Waals surface area contributed by atoms with Gasteiger partial charge in [-0.2, -0.15) is 51.5 Å². The second-order valence-electron chi connectivity index (χ2n) is 6.01. The van der Waals surface area contributed by atoms with Gasteiger partial charge in [0.2, 0.25) is 0 Å². The van der Waals surface area contributed by atoms with Gasteiger partial charge >= 0.3 is 0 Å². The summed E-state index contributed by atoms with van der Waals surface area (Å²) in [6.07, 6.45) is 3.78. The average Bonchev–Trinajstić information content (AvgIpc) is 2.54. The third-order valence-electron chi connectivity index (χ3n) is 3.44. The van der Waals surface area contributed by atoms with E-state index >= 15 is 0 Å². The molecule has 1 rings (SSSR count). The number of nitrogens with zero attached hydrogens (tertiary/aromatic N) is 2. The van der Waals surface area contributed by atoms with Gasteiger partial charge in [0.05, 0.1) is 29.8 Å². The van der Waals surface area contributed by atoms with E-state index in [2.05, 4.69) is 40.4 Å². The van der Waals surface area contributed by atoms with Gasteiger partial charge in [-0.3, -0.25) is 0 Å².